The maximum atomic E-state index is 12.2. The summed E-state index contributed by atoms with van der Waals surface area (Å²) >= 11 is 0. The van der Waals surface area contributed by atoms with Gasteiger partial charge in [0.05, 0.1) is 6.04 Å². The number of aromatic nitrogens is 2. The fraction of sp³-hybridized carbons (Fsp3) is 0.529. The summed E-state index contributed by atoms with van der Waals surface area (Å²) in [5.74, 6) is 1.48. The third-order valence-electron chi connectivity index (χ3n) is 3.84. The number of rotatable bonds is 9. The summed E-state index contributed by atoms with van der Waals surface area (Å²) in [6, 6.07) is 6.57. The second-order valence-corrected chi connectivity index (χ2v) is 5.77. The normalized spacial score (nSPS) is 12.8. The van der Waals surface area contributed by atoms with Crippen LogP contribution in [0.3, 0.4) is 0 Å². The fourth-order valence-corrected chi connectivity index (χ4v) is 2.26. The molecule has 7 heteroatoms. The highest BCUT2D eigenvalue weighted by Gasteiger charge is 2.19. The van der Waals surface area contributed by atoms with Crippen molar-refractivity contribution in [2.75, 3.05) is 7.05 Å². The van der Waals surface area contributed by atoms with Gasteiger partial charge in [-0.05, 0) is 38.1 Å². The Bertz CT molecular complexity index is 617. The molecule has 0 amide bonds. The van der Waals surface area contributed by atoms with Gasteiger partial charge in [0.2, 0.25) is 5.89 Å². The molecule has 0 saturated heterocycles. The summed E-state index contributed by atoms with van der Waals surface area (Å²) in [6.45, 7) is 1.93. The summed E-state index contributed by atoms with van der Waals surface area (Å²) in [6.07, 6.45) is 2.95. The molecule has 2 aromatic rings. The Morgan fingerprint density at radius 3 is 2.58 bits per heavy atom. The Morgan fingerprint density at radius 2 is 1.96 bits per heavy atom. The first kappa shape index (κ1) is 18.3. The van der Waals surface area contributed by atoms with Crippen LogP contribution in [0.5, 0.6) is 5.75 Å². The van der Waals surface area contributed by atoms with Gasteiger partial charge < -0.3 is 9.26 Å². The van der Waals surface area contributed by atoms with Gasteiger partial charge in [0.1, 0.15) is 5.75 Å². The van der Waals surface area contributed by atoms with Gasteiger partial charge in [0, 0.05) is 13.0 Å². The lowest BCUT2D eigenvalue weighted by atomic mass is 10.2. The average molecular weight is 339 g/mol. The van der Waals surface area contributed by atoms with Crippen molar-refractivity contribution in [2.24, 2.45) is 0 Å². The van der Waals surface area contributed by atoms with E-state index in [1.54, 1.807) is 12.1 Å². The molecule has 1 heterocycles. The Labute approximate surface area is 140 Å². The van der Waals surface area contributed by atoms with Crippen molar-refractivity contribution in [3.05, 3.63) is 41.5 Å². The molecule has 0 fully saturated rings. The van der Waals surface area contributed by atoms with E-state index in [4.69, 9.17) is 4.52 Å². The van der Waals surface area contributed by atoms with Gasteiger partial charge in [-0.3, -0.25) is 4.90 Å². The van der Waals surface area contributed by atoms with Crippen molar-refractivity contribution in [1.29, 1.82) is 0 Å². The molecule has 0 N–H and O–H groups in total. The summed E-state index contributed by atoms with van der Waals surface area (Å²) in [4.78, 5) is 6.49. The Balaban J connectivity index is 1.93. The predicted molar refractivity (Wildman–Crippen MR) is 85.9 cm³/mol. The topological polar surface area (TPSA) is 51.4 Å². The fourth-order valence-electron chi connectivity index (χ4n) is 2.26. The van der Waals surface area contributed by atoms with Crippen LogP contribution in [0, 0.1) is 0 Å². The second-order valence-electron chi connectivity index (χ2n) is 5.77. The number of hydrogen-bond donors (Lipinski definition) is 0. The van der Waals surface area contributed by atoms with Gasteiger partial charge >= 0.3 is 6.61 Å². The highest BCUT2D eigenvalue weighted by Crippen LogP contribution is 2.21. The first-order valence-corrected chi connectivity index (χ1v) is 8.06. The maximum Gasteiger partial charge on any atom is 0.387 e. The SMILES string of the molecule is CCCCc1noc(C(C)N(C)Cc2ccc(OC(F)F)cc2)n1. The molecular weight excluding hydrogens is 316 g/mol. The zero-order chi connectivity index (χ0) is 17.5. The van der Waals surface area contributed by atoms with E-state index in [1.165, 1.54) is 12.1 Å². The molecular formula is C17H23F2N3O2. The minimum Gasteiger partial charge on any atom is -0.435 e. The van der Waals surface area contributed by atoms with Gasteiger partial charge in [-0.25, -0.2) is 0 Å². The molecule has 0 spiro atoms. The summed E-state index contributed by atoms with van der Waals surface area (Å²) in [5, 5.41) is 4.00. The quantitative estimate of drug-likeness (QED) is 0.685. The van der Waals surface area contributed by atoms with Crippen LogP contribution in [0.25, 0.3) is 0 Å². The number of nitrogens with zero attached hydrogens (tertiary/aromatic N) is 3. The van der Waals surface area contributed by atoms with Gasteiger partial charge in [0.15, 0.2) is 5.82 Å². The molecule has 0 bridgehead atoms. The monoisotopic (exact) mass is 339 g/mol. The highest BCUT2D eigenvalue weighted by molar-refractivity contribution is 5.27. The predicted octanol–water partition coefficient (Wildman–Crippen LogP) is 4.21. The first-order valence-electron chi connectivity index (χ1n) is 8.06. The van der Waals surface area contributed by atoms with Gasteiger partial charge in [-0.1, -0.05) is 30.6 Å². The van der Waals surface area contributed by atoms with Crippen molar-refractivity contribution >= 4 is 0 Å². The average Bonchev–Trinajstić information content (AvgIpc) is 3.02. The number of halogens is 2. The highest BCUT2D eigenvalue weighted by atomic mass is 19.3. The van der Waals surface area contributed by atoms with Crippen LogP contribution in [-0.2, 0) is 13.0 Å². The largest absolute Gasteiger partial charge is 0.435 e. The van der Waals surface area contributed by atoms with Crippen LogP contribution in [0.4, 0.5) is 8.78 Å². The van der Waals surface area contributed by atoms with Crippen molar-refractivity contribution in [1.82, 2.24) is 15.0 Å². The van der Waals surface area contributed by atoms with Crippen LogP contribution >= 0.6 is 0 Å². The molecule has 1 aromatic heterocycles. The molecule has 0 aliphatic rings. The molecule has 2 rings (SSSR count). The minimum atomic E-state index is -2.81. The van der Waals surface area contributed by atoms with E-state index >= 15 is 0 Å². The summed E-state index contributed by atoms with van der Waals surface area (Å²) in [5.41, 5.74) is 0.983. The van der Waals surface area contributed by atoms with Gasteiger partial charge in [0.25, 0.3) is 0 Å². The lowest BCUT2D eigenvalue weighted by Crippen LogP contribution is -2.22. The number of unbranched alkanes of at least 4 members (excludes halogenated alkanes) is 1. The first-order chi connectivity index (χ1) is 11.5. The van der Waals surface area contributed by atoms with Crippen LogP contribution in [0.2, 0.25) is 0 Å². The van der Waals surface area contributed by atoms with E-state index in [-0.39, 0.29) is 11.8 Å². The summed E-state index contributed by atoms with van der Waals surface area (Å²) in [7, 11) is 1.95. The Hall–Kier alpha value is -2.02. The van der Waals surface area contributed by atoms with Gasteiger partial charge in [-0.15, -0.1) is 0 Å². The minimum absolute atomic E-state index is 0.0372. The smallest absolute Gasteiger partial charge is 0.387 e. The Kier molecular flexibility index (Phi) is 6.66. The lowest BCUT2D eigenvalue weighted by Gasteiger charge is -2.21. The van der Waals surface area contributed by atoms with E-state index in [9.17, 15) is 8.78 Å². The zero-order valence-electron chi connectivity index (χ0n) is 14.2. The van der Waals surface area contributed by atoms with E-state index in [0.717, 1.165) is 30.7 Å². The third-order valence-corrected chi connectivity index (χ3v) is 3.84. The Morgan fingerprint density at radius 1 is 1.25 bits per heavy atom. The second kappa shape index (κ2) is 8.73. The standard InChI is InChI=1S/C17H23F2N3O2/c1-4-5-6-15-20-16(24-21-15)12(2)22(3)11-13-7-9-14(10-8-13)23-17(18)19/h7-10,12,17H,4-6,11H2,1-3H3. The molecule has 5 nitrogen and oxygen atoms in total. The molecule has 24 heavy (non-hydrogen) atoms. The lowest BCUT2D eigenvalue weighted by molar-refractivity contribution is -0.0498. The number of ether oxygens (including phenoxy) is 1. The molecule has 0 aliphatic carbocycles. The number of alkyl halides is 2. The zero-order valence-corrected chi connectivity index (χ0v) is 14.2. The van der Waals surface area contributed by atoms with Crippen LogP contribution < -0.4 is 4.74 Å². The van der Waals surface area contributed by atoms with E-state index in [0.29, 0.717) is 12.4 Å². The van der Waals surface area contributed by atoms with Crippen molar-refractivity contribution in [3.63, 3.8) is 0 Å². The molecule has 132 valence electrons. The number of benzene rings is 1. The van der Waals surface area contributed by atoms with Crippen molar-refractivity contribution in [3.8, 4) is 5.75 Å². The molecule has 0 saturated carbocycles. The van der Waals surface area contributed by atoms with Gasteiger partial charge in [-0.2, -0.15) is 13.8 Å². The van der Waals surface area contributed by atoms with E-state index < -0.39 is 6.61 Å². The molecule has 1 unspecified atom stereocenters. The van der Waals surface area contributed by atoms with Crippen LogP contribution in [-0.4, -0.2) is 28.7 Å². The van der Waals surface area contributed by atoms with E-state index in [2.05, 4.69) is 26.7 Å². The summed E-state index contributed by atoms with van der Waals surface area (Å²) < 4.78 is 34.0. The number of aryl methyl sites for hydroxylation is 1. The van der Waals surface area contributed by atoms with E-state index in [1.807, 2.05) is 14.0 Å². The van der Waals surface area contributed by atoms with Crippen LogP contribution in [0.1, 0.15) is 50.0 Å². The van der Waals surface area contributed by atoms with Crippen molar-refractivity contribution in [2.45, 2.75) is 52.3 Å². The molecule has 1 atom stereocenters. The van der Waals surface area contributed by atoms with Crippen LogP contribution in [0.15, 0.2) is 28.8 Å². The third kappa shape index (κ3) is 5.26. The molecule has 1 aromatic carbocycles. The molecule has 0 radical (unpaired) electrons. The maximum absolute atomic E-state index is 12.2. The number of hydrogen-bond acceptors (Lipinski definition) is 5. The van der Waals surface area contributed by atoms with Crippen molar-refractivity contribution < 1.29 is 18.0 Å². The molecule has 0 aliphatic heterocycles.